The number of nitro benzene ring substituents is 1. The zero-order valence-electron chi connectivity index (χ0n) is 12.2. The summed E-state index contributed by atoms with van der Waals surface area (Å²) in [6.07, 6.45) is 1.57. The summed E-state index contributed by atoms with van der Waals surface area (Å²) >= 11 is 0. The summed E-state index contributed by atoms with van der Waals surface area (Å²) < 4.78 is 11.0. The summed E-state index contributed by atoms with van der Waals surface area (Å²) in [5.74, 6) is 0.780. The molecule has 2 N–H and O–H groups in total. The SMILES string of the molecule is COc1ccc([N+](=O)[O-])cc1OC1CCC(NC(=O)O)CC1. The Morgan fingerprint density at radius 3 is 2.55 bits per heavy atom. The summed E-state index contributed by atoms with van der Waals surface area (Å²) in [6.45, 7) is 0. The molecule has 0 saturated heterocycles. The number of hydrogen-bond acceptors (Lipinski definition) is 5. The largest absolute Gasteiger partial charge is 0.493 e. The van der Waals surface area contributed by atoms with E-state index in [0.717, 1.165) is 0 Å². The van der Waals surface area contributed by atoms with Gasteiger partial charge >= 0.3 is 6.09 Å². The lowest BCUT2D eigenvalue weighted by molar-refractivity contribution is -0.385. The molecule has 1 saturated carbocycles. The molecule has 0 spiro atoms. The molecule has 1 aliphatic carbocycles. The third-order valence-corrected chi connectivity index (χ3v) is 3.65. The van der Waals surface area contributed by atoms with Gasteiger partial charge in [0, 0.05) is 12.1 Å². The van der Waals surface area contributed by atoms with Gasteiger partial charge in [-0.1, -0.05) is 0 Å². The van der Waals surface area contributed by atoms with E-state index in [4.69, 9.17) is 14.6 Å². The number of carboxylic acid groups (broad SMARTS) is 1. The standard InChI is InChI=1S/C14H18N2O6/c1-21-12-7-4-10(16(19)20)8-13(12)22-11-5-2-9(3-6-11)15-14(17)18/h4,7-9,11,15H,2-3,5-6H2,1H3,(H,17,18). The first-order valence-electron chi connectivity index (χ1n) is 6.98. The highest BCUT2D eigenvalue weighted by Crippen LogP contribution is 2.34. The van der Waals surface area contributed by atoms with Crippen molar-refractivity contribution in [2.75, 3.05) is 7.11 Å². The highest BCUT2D eigenvalue weighted by Gasteiger charge is 2.25. The van der Waals surface area contributed by atoms with E-state index in [9.17, 15) is 14.9 Å². The minimum absolute atomic E-state index is 0.0583. The van der Waals surface area contributed by atoms with E-state index < -0.39 is 11.0 Å². The maximum Gasteiger partial charge on any atom is 0.404 e. The van der Waals surface area contributed by atoms with E-state index >= 15 is 0 Å². The third-order valence-electron chi connectivity index (χ3n) is 3.65. The monoisotopic (exact) mass is 310 g/mol. The van der Waals surface area contributed by atoms with E-state index in [1.807, 2.05) is 0 Å². The molecule has 0 unspecified atom stereocenters. The van der Waals surface area contributed by atoms with Crippen molar-refractivity contribution in [3.05, 3.63) is 28.3 Å². The zero-order valence-corrected chi connectivity index (χ0v) is 12.2. The number of ether oxygens (including phenoxy) is 2. The summed E-state index contributed by atoms with van der Waals surface area (Å²) in [6, 6.07) is 4.15. The smallest absolute Gasteiger partial charge is 0.404 e. The van der Waals surface area contributed by atoms with Crippen molar-refractivity contribution in [1.29, 1.82) is 0 Å². The Kier molecular flexibility index (Phi) is 5.03. The van der Waals surface area contributed by atoms with Crippen molar-refractivity contribution in [2.24, 2.45) is 0 Å². The van der Waals surface area contributed by atoms with Crippen LogP contribution in [-0.2, 0) is 0 Å². The molecule has 22 heavy (non-hydrogen) atoms. The number of amides is 1. The average Bonchev–Trinajstić information content (AvgIpc) is 2.48. The molecule has 8 heteroatoms. The Balaban J connectivity index is 2.00. The first-order valence-corrected chi connectivity index (χ1v) is 6.98. The molecule has 8 nitrogen and oxygen atoms in total. The van der Waals surface area contributed by atoms with Crippen LogP contribution in [0.4, 0.5) is 10.5 Å². The van der Waals surface area contributed by atoms with E-state index in [-0.39, 0.29) is 17.8 Å². The normalized spacial score (nSPS) is 21.0. The minimum Gasteiger partial charge on any atom is -0.493 e. The summed E-state index contributed by atoms with van der Waals surface area (Å²) in [5.41, 5.74) is -0.0583. The van der Waals surface area contributed by atoms with Crippen molar-refractivity contribution >= 4 is 11.8 Å². The fourth-order valence-corrected chi connectivity index (χ4v) is 2.55. The third kappa shape index (κ3) is 4.00. The summed E-state index contributed by atoms with van der Waals surface area (Å²) in [5, 5.41) is 22.0. The van der Waals surface area contributed by atoms with Crippen molar-refractivity contribution in [3.63, 3.8) is 0 Å². The molecule has 1 amide bonds. The highest BCUT2D eigenvalue weighted by atomic mass is 16.6. The van der Waals surface area contributed by atoms with Gasteiger partial charge in [0.1, 0.15) is 0 Å². The molecule has 0 heterocycles. The Labute approximate surface area is 127 Å². The van der Waals surface area contributed by atoms with Gasteiger partial charge in [-0.15, -0.1) is 0 Å². The Morgan fingerprint density at radius 1 is 1.32 bits per heavy atom. The van der Waals surface area contributed by atoms with Crippen molar-refractivity contribution in [3.8, 4) is 11.5 Å². The summed E-state index contributed by atoms with van der Waals surface area (Å²) in [4.78, 5) is 21.0. The van der Waals surface area contributed by atoms with Crippen LogP contribution < -0.4 is 14.8 Å². The quantitative estimate of drug-likeness (QED) is 0.638. The number of rotatable bonds is 5. The van der Waals surface area contributed by atoms with Crippen LogP contribution in [0.5, 0.6) is 11.5 Å². The molecule has 0 atom stereocenters. The van der Waals surface area contributed by atoms with Gasteiger partial charge in [-0.25, -0.2) is 4.79 Å². The molecule has 1 aliphatic rings. The number of non-ortho nitro benzene ring substituents is 1. The average molecular weight is 310 g/mol. The number of carbonyl (C=O) groups is 1. The van der Waals surface area contributed by atoms with Crippen molar-refractivity contribution in [2.45, 2.75) is 37.8 Å². The molecule has 0 radical (unpaired) electrons. The Hall–Kier alpha value is -2.51. The molecular weight excluding hydrogens is 292 g/mol. The number of nitrogens with zero attached hydrogens (tertiary/aromatic N) is 1. The molecule has 1 fully saturated rings. The van der Waals surface area contributed by atoms with E-state index in [1.54, 1.807) is 0 Å². The van der Waals surface area contributed by atoms with Gasteiger partial charge in [0.25, 0.3) is 5.69 Å². The fraction of sp³-hybridized carbons (Fsp3) is 0.500. The second-order valence-corrected chi connectivity index (χ2v) is 5.13. The Morgan fingerprint density at radius 2 is 2.00 bits per heavy atom. The number of nitrogens with one attached hydrogen (secondary N) is 1. The Bertz CT molecular complexity index is 554. The molecular formula is C14H18N2O6. The second kappa shape index (κ2) is 6.97. The van der Waals surface area contributed by atoms with E-state index in [1.165, 1.54) is 25.3 Å². The lowest BCUT2D eigenvalue weighted by atomic mass is 9.93. The van der Waals surface area contributed by atoms with Gasteiger partial charge in [-0.3, -0.25) is 10.1 Å². The molecule has 0 aromatic heterocycles. The molecule has 1 aromatic carbocycles. The van der Waals surface area contributed by atoms with Crippen LogP contribution >= 0.6 is 0 Å². The van der Waals surface area contributed by atoms with Crippen LogP contribution in [0.1, 0.15) is 25.7 Å². The maximum absolute atomic E-state index is 10.8. The molecule has 0 bridgehead atoms. The zero-order chi connectivity index (χ0) is 16.1. The van der Waals surface area contributed by atoms with Crippen LogP contribution in [0.15, 0.2) is 18.2 Å². The molecule has 120 valence electrons. The first-order chi connectivity index (χ1) is 10.5. The van der Waals surface area contributed by atoms with Gasteiger partial charge in [-0.2, -0.15) is 0 Å². The number of benzene rings is 1. The fourth-order valence-electron chi connectivity index (χ4n) is 2.55. The van der Waals surface area contributed by atoms with Gasteiger partial charge in [0.15, 0.2) is 11.5 Å². The van der Waals surface area contributed by atoms with Crippen LogP contribution in [0.2, 0.25) is 0 Å². The van der Waals surface area contributed by atoms with Crippen LogP contribution in [0, 0.1) is 10.1 Å². The van der Waals surface area contributed by atoms with Gasteiger partial charge in [-0.05, 0) is 31.7 Å². The number of nitro groups is 1. The first kappa shape index (κ1) is 15.9. The van der Waals surface area contributed by atoms with E-state index in [0.29, 0.717) is 37.2 Å². The maximum atomic E-state index is 10.8. The predicted octanol–water partition coefficient (Wildman–Crippen LogP) is 2.56. The van der Waals surface area contributed by atoms with Crippen LogP contribution in [0.3, 0.4) is 0 Å². The topological polar surface area (TPSA) is 111 Å². The number of hydrogen-bond donors (Lipinski definition) is 2. The van der Waals surface area contributed by atoms with Crippen LogP contribution in [-0.4, -0.2) is 35.4 Å². The van der Waals surface area contributed by atoms with Crippen LogP contribution in [0.25, 0.3) is 0 Å². The van der Waals surface area contributed by atoms with Crippen molar-refractivity contribution < 1.29 is 24.3 Å². The predicted molar refractivity (Wildman–Crippen MR) is 77.5 cm³/mol. The minimum atomic E-state index is -1.02. The van der Waals surface area contributed by atoms with Crippen molar-refractivity contribution in [1.82, 2.24) is 5.32 Å². The summed E-state index contributed by atoms with van der Waals surface area (Å²) in [7, 11) is 1.47. The number of methoxy groups -OCH3 is 1. The highest BCUT2D eigenvalue weighted by molar-refractivity contribution is 5.64. The second-order valence-electron chi connectivity index (χ2n) is 5.13. The molecule has 2 rings (SSSR count). The van der Waals surface area contributed by atoms with Gasteiger partial charge in [0.2, 0.25) is 0 Å². The molecule has 0 aliphatic heterocycles. The van der Waals surface area contributed by atoms with Gasteiger partial charge < -0.3 is 19.9 Å². The molecule has 1 aromatic rings. The lowest BCUT2D eigenvalue weighted by Crippen LogP contribution is -2.38. The van der Waals surface area contributed by atoms with Gasteiger partial charge in [0.05, 0.1) is 24.2 Å². The lowest BCUT2D eigenvalue weighted by Gasteiger charge is -2.29. The van der Waals surface area contributed by atoms with E-state index in [2.05, 4.69) is 5.32 Å².